The lowest BCUT2D eigenvalue weighted by Gasteiger charge is -2.08. The highest BCUT2D eigenvalue weighted by Crippen LogP contribution is 1.96. The van der Waals surface area contributed by atoms with E-state index in [2.05, 4.69) is 31.2 Å². The lowest BCUT2D eigenvalue weighted by Crippen LogP contribution is -2.21. The second kappa shape index (κ2) is 11.5. The molecule has 6 nitrogen and oxygen atoms in total. The number of nitrogens with one attached hydrogen (secondary N) is 3. The Bertz CT molecular complexity index is 237. The Morgan fingerprint density at radius 1 is 0.889 bits per heavy atom. The predicted molar refractivity (Wildman–Crippen MR) is 71.1 cm³/mol. The Morgan fingerprint density at radius 2 is 1.72 bits per heavy atom. The topological polar surface area (TPSA) is 66.9 Å². The molecule has 100 valence electrons. The average Bonchev–Trinajstić information content (AvgIpc) is 2.54. The molecule has 0 saturated carbocycles. The number of nitrogens with zero attached hydrogens (tertiary/aromatic N) is 1. The normalized spacial score (nSPS) is 18.7. The summed E-state index contributed by atoms with van der Waals surface area (Å²) in [5.74, 6) is 0. The second-order valence-corrected chi connectivity index (χ2v) is 3.55. The first-order valence-electron chi connectivity index (χ1n) is 6.02. The Morgan fingerprint density at radius 3 is 1.89 bits per heavy atom. The zero-order chi connectivity index (χ0) is 12.7. The van der Waals surface area contributed by atoms with E-state index < -0.39 is 0 Å². The molecule has 0 spiro atoms. The molecular formula is C12H20N4O2. The first-order chi connectivity index (χ1) is 9.00. The van der Waals surface area contributed by atoms with E-state index in [9.17, 15) is 0 Å². The third-order valence-electron chi connectivity index (χ3n) is 2.11. The van der Waals surface area contributed by atoms with Crippen LogP contribution in [-0.4, -0.2) is 19.3 Å². The largest absolute Gasteiger partial charge is 0.391 e. The molecule has 0 aromatic rings. The summed E-state index contributed by atoms with van der Waals surface area (Å²) in [6.07, 6.45) is 15.9. The molecule has 3 aliphatic rings. The maximum Gasteiger partial charge on any atom is 0.122 e. The quantitative estimate of drug-likeness (QED) is 0.607. The Kier molecular flexibility index (Phi) is 9.04. The van der Waals surface area contributed by atoms with Crippen molar-refractivity contribution in [3.8, 4) is 0 Å². The van der Waals surface area contributed by atoms with Crippen molar-refractivity contribution in [2.45, 2.75) is 19.3 Å². The summed E-state index contributed by atoms with van der Waals surface area (Å²) in [7, 11) is 0. The van der Waals surface area contributed by atoms with Crippen LogP contribution in [0.4, 0.5) is 0 Å². The van der Waals surface area contributed by atoms with Crippen molar-refractivity contribution in [1.29, 1.82) is 0 Å². The molecule has 0 amide bonds. The van der Waals surface area contributed by atoms with E-state index in [1.165, 1.54) is 38.6 Å². The highest BCUT2D eigenvalue weighted by molar-refractivity contribution is 5.70. The summed E-state index contributed by atoms with van der Waals surface area (Å²) >= 11 is 0. The van der Waals surface area contributed by atoms with Crippen LogP contribution in [0.5, 0.6) is 0 Å². The van der Waals surface area contributed by atoms with Crippen LogP contribution >= 0.6 is 0 Å². The van der Waals surface area contributed by atoms with Crippen molar-refractivity contribution in [2.24, 2.45) is 5.10 Å². The summed E-state index contributed by atoms with van der Waals surface area (Å²) in [5, 5.41) is 6.78. The Balaban J connectivity index is 0.000000135. The third-order valence-corrected chi connectivity index (χ3v) is 2.11. The third kappa shape index (κ3) is 9.29. The monoisotopic (exact) mass is 252 g/mol. The molecule has 0 aliphatic carbocycles. The van der Waals surface area contributed by atoms with E-state index in [4.69, 9.17) is 0 Å². The standard InChI is InChI=1S/C5H11N.C4H5NO.C3H4N2O/c2*1-2-4-6-5-3-1;1-2-4-5-6-3-1/h6H,1-5H2;1-5H;1-3,5H. The van der Waals surface area contributed by atoms with Crippen molar-refractivity contribution >= 4 is 6.21 Å². The van der Waals surface area contributed by atoms with Crippen LogP contribution in [0, 0.1) is 0 Å². The minimum absolute atomic E-state index is 1.25. The minimum atomic E-state index is 1.25. The fourth-order valence-electron chi connectivity index (χ4n) is 1.27. The molecule has 0 atom stereocenters. The fourth-order valence-corrected chi connectivity index (χ4v) is 1.27. The van der Waals surface area contributed by atoms with Gasteiger partial charge in [-0.2, -0.15) is 5.10 Å². The van der Waals surface area contributed by atoms with Crippen molar-refractivity contribution in [3.63, 3.8) is 0 Å². The van der Waals surface area contributed by atoms with Gasteiger partial charge in [0.1, 0.15) is 12.5 Å². The summed E-state index contributed by atoms with van der Waals surface area (Å²) in [6.45, 7) is 2.50. The molecule has 0 unspecified atom stereocenters. The van der Waals surface area contributed by atoms with Crippen LogP contribution in [0.3, 0.4) is 0 Å². The van der Waals surface area contributed by atoms with Gasteiger partial charge in [-0.05, 0) is 44.2 Å². The fraction of sp³-hybridized carbons (Fsp3) is 0.417. The number of piperidine rings is 1. The molecule has 0 aromatic heterocycles. The van der Waals surface area contributed by atoms with E-state index in [1.54, 1.807) is 30.8 Å². The first kappa shape index (κ1) is 14.1. The predicted octanol–water partition coefficient (Wildman–Crippen LogP) is 1.33. The van der Waals surface area contributed by atoms with Crippen LogP contribution in [0.15, 0.2) is 42.1 Å². The van der Waals surface area contributed by atoms with Crippen LogP contribution in [0.1, 0.15) is 19.3 Å². The number of hydroxylamine groups is 1. The molecule has 3 heterocycles. The second-order valence-electron chi connectivity index (χ2n) is 3.55. The molecular weight excluding hydrogens is 232 g/mol. The molecule has 1 saturated heterocycles. The lowest BCUT2D eigenvalue weighted by molar-refractivity contribution is 0.136. The Labute approximate surface area is 107 Å². The van der Waals surface area contributed by atoms with Crippen molar-refractivity contribution in [2.75, 3.05) is 13.1 Å². The smallest absolute Gasteiger partial charge is 0.122 e. The summed E-state index contributed by atoms with van der Waals surface area (Å²) in [4.78, 5) is 8.99. The number of rotatable bonds is 0. The molecule has 0 aromatic carbocycles. The highest BCUT2D eigenvalue weighted by Gasteiger charge is 1.93. The molecule has 3 aliphatic heterocycles. The van der Waals surface area contributed by atoms with Gasteiger partial charge in [0.25, 0.3) is 0 Å². The van der Waals surface area contributed by atoms with Gasteiger partial charge in [0.2, 0.25) is 0 Å². The van der Waals surface area contributed by atoms with E-state index in [0.29, 0.717) is 0 Å². The molecule has 1 fully saturated rings. The van der Waals surface area contributed by atoms with Crippen LogP contribution in [0.25, 0.3) is 0 Å². The van der Waals surface area contributed by atoms with Gasteiger partial charge in [-0.25, -0.2) is 5.48 Å². The number of hydrazone groups is 1. The van der Waals surface area contributed by atoms with Gasteiger partial charge in [0.15, 0.2) is 0 Å². The van der Waals surface area contributed by atoms with E-state index >= 15 is 0 Å². The molecule has 6 heteroatoms. The molecule has 3 N–H and O–H groups in total. The van der Waals surface area contributed by atoms with Gasteiger partial charge in [0, 0.05) is 6.20 Å². The van der Waals surface area contributed by atoms with Gasteiger partial charge in [-0.3, -0.25) is 0 Å². The van der Waals surface area contributed by atoms with Crippen LogP contribution in [-0.2, 0) is 9.68 Å². The van der Waals surface area contributed by atoms with Gasteiger partial charge < -0.3 is 15.0 Å². The van der Waals surface area contributed by atoms with Crippen LogP contribution in [0.2, 0.25) is 0 Å². The maximum absolute atomic E-state index is 4.55. The highest BCUT2D eigenvalue weighted by atomic mass is 16.7. The van der Waals surface area contributed by atoms with E-state index in [-0.39, 0.29) is 0 Å². The average molecular weight is 252 g/mol. The van der Waals surface area contributed by atoms with Gasteiger partial charge >= 0.3 is 0 Å². The molecule has 3 rings (SSSR count). The summed E-state index contributed by atoms with van der Waals surface area (Å²) < 4.78 is 0. The zero-order valence-electron chi connectivity index (χ0n) is 10.3. The van der Waals surface area contributed by atoms with Gasteiger partial charge in [-0.1, -0.05) is 6.42 Å². The van der Waals surface area contributed by atoms with Crippen molar-refractivity contribution in [1.82, 2.24) is 16.4 Å². The molecule has 18 heavy (non-hydrogen) atoms. The Hall–Kier alpha value is -1.95. The number of allylic oxidation sites excluding steroid dienone is 3. The van der Waals surface area contributed by atoms with Gasteiger partial charge in [0.05, 0.1) is 6.21 Å². The summed E-state index contributed by atoms with van der Waals surface area (Å²) in [5.41, 5.74) is 4.78. The first-order valence-corrected chi connectivity index (χ1v) is 6.02. The SMILES string of the molecule is C1=CNOC=C1.C1=CONN=C1.C1CCNCC1. The molecule has 0 bridgehead atoms. The summed E-state index contributed by atoms with van der Waals surface area (Å²) in [6, 6.07) is 0. The van der Waals surface area contributed by atoms with Crippen molar-refractivity contribution < 1.29 is 9.68 Å². The maximum atomic E-state index is 4.55. The number of hydrogen-bond acceptors (Lipinski definition) is 6. The van der Waals surface area contributed by atoms with Crippen LogP contribution < -0.4 is 16.4 Å². The van der Waals surface area contributed by atoms with Gasteiger partial charge in [-0.15, -0.1) is 5.59 Å². The number of hydrogen-bond donors (Lipinski definition) is 3. The van der Waals surface area contributed by atoms with Crippen molar-refractivity contribution in [3.05, 3.63) is 37.0 Å². The molecule has 0 radical (unpaired) electrons. The minimum Gasteiger partial charge on any atom is -0.391 e. The van der Waals surface area contributed by atoms with E-state index in [1.807, 2.05) is 6.08 Å². The zero-order valence-corrected chi connectivity index (χ0v) is 10.3. The van der Waals surface area contributed by atoms with E-state index in [0.717, 1.165) is 0 Å². The lowest BCUT2D eigenvalue weighted by atomic mass is 10.2.